The van der Waals surface area contributed by atoms with E-state index < -0.39 is 15.9 Å². The van der Waals surface area contributed by atoms with Gasteiger partial charge >= 0.3 is 0 Å². The number of sulfonamides is 1. The van der Waals surface area contributed by atoms with Crippen LogP contribution in [0.4, 0.5) is 5.82 Å². The first-order chi connectivity index (χ1) is 9.89. The number of carbonyl (C=O) groups is 1. The molecule has 0 fully saturated rings. The second kappa shape index (κ2) is 8.16. The number of nitrogens with zero attached hydrogens (tertiary/aromatic N) is 1. The van der Waals surface area contributed by atoms with Crippen LogP contribution in [0.1, 0.15) is 23.7 Å². The minimum Gasteiger partial charge on any atom is -0.369 e. The molecule has 0 bridgehead atoms. The van der Waals surface area contributed by atoms with E-state index in [1.54, 1.807) is 0 Å². The van der Waals surface area contributed by atoms with Crippen LogP contribution in [0.3, 0.4) is 0 Å². The molecule has 0 aliphatic heterocycles. The largest absolute Gasteiger partial charge is 0.369 e. The van der Waals surface area contributed by atoms with Crippen LogP contribution in [0.15, 0.2) is 12.3 Å². The molecule has 0 saturated carbocycles. The predicted octanol–water partition coefficient (Wildman–Crippen LogP) is 0.836. The first-order valence-electron chi connectivity index (χ1n) is 6.48. The summed E-state index contributed by atoms with van der Waals surface area (Å²) in [7, 11) is -2.02. The summed E-state index contributed by atoms with van der Waals surface area (Å²) in [6.07, 6.45) is 2.33. The molecule has 7 nitrogen and oxygen atoms in total. The Kier molecular flexibility index (Phi) is 6.86. The third kappa shape index (κ3) is 5.86. The Morgan fingerprint density at radius 1 is 1.38 bits per heavy atom. The summed E-state index contributed by atoms with van der Waals surface area (Å²) in [5.74, 6) is -0.0856. The van der Waals surface area contributed by atoms with Gasteiger partial charge in [-0.3, -0.25) is 4.79 Å². The predicted molar refractivity (Wildman–Crippen MR) is 83.2 cm³/mol. The highest BCUT2D eigenvalue weighted by molar-refractivity contribution is 7.89. The number of amides is 1. The zero-order valence-corrected chi connectivity index (χ0v) is 13.5. The lowest BCUT2D eigenvalue weighted by atomic mass is 10.2. The molecule has 9 heteroatoms. The maximum atomic E-state index is 11.9. The van der Waals surface area contributed by atoms with Gasteiger partial charge in [-0.15, -0.1) is 0 Å². The second-order valence-electron chi connectivity index (χ2n) is 4.26. The van der Waals surface area contributed by atoms with Crippen molar-refractivity contribution in [1.29, 1.82) is 0 Å². The minimum absolute atomic E-state index is 0.00939. The van der Waals surface area contributed by atoms with Crippen LogP contribution in [0.2, 0.25) is 5.02 Å². The van der Waals surface area contributed by atoms with Crippen molar-refractivity contribution >= 4 is 33.3 Å². The maximum Gasteiger partial charge on any atom is 0.252 e. The third-order valence-corrected chi connectivity index (χ3v) is 4.26. The number of rotatable bonds is 8. The zero-order chi connectivity index (χ0) is 15.9. The van der Waals surface area contributed by atoms with E-state index in [0.717, 1.165) is 13.0 Å². The number of aromatic nitrogens is 1. The molecule has 0 spiro atoms. The minimum atomic E-state index is -3.34. The molecule has 0 aliphatic rings. The molecule has 0 aromatic carbocycles. The van der Waals surface area contributed by atoms with Crippen molar-refractivity contribution < 1.29 is 13.2 Å². The van der Waals surface area contributed by atoms with Gasteiger partial charge in [-0.25, -0.2) is 18.1 Å². The Bertz CT molecular complexity index is 592. The average Bonchev–Trinajstić information content (AvgIpc) is 2.45. The molecule has 1 heterocycles. The molecule has 0 radical (unpaired) electrons. The van der Waals surface area contributed by atoms with Gasteiger partial charge in [-0.2, -0.15) is 0 Å². The van der Waals surface area contributed by atoms with Gasteiger partial charge in [0.25, 0.3) is 5.91 Å². The van der Waals surface area contributed by atoms with Gasteiger partial charge in [0, 0.05) is 19.3 Å². The first kappa shape index (κ1) is 17.7. The van der Waals surface area contributed by atoms with Crippen LogP contribution >= 0.6 is 11.6 Å². The van der Waals surface area contributed by atoms with Crippen LogP contribution < -0.4 is 15.4 Å². The summed E-state index contributed by atoms with van der Waals surface area (Å²) in [5, 5.41) is 5.89. The summed E-state index contributed by atoms with van der Waals surface area (Å²) in [4.78, 5) is 15.9. The van der Waals surface area contributed by atoms with Crippen LogP contribution in [0, 0.1) is 0 Å². The number of nitrogens with one attached hydrogen (secondary N) is 3. The third-order valence-electron chi connectivity index (χ3n) is 2.61. The van der Waals surface area contributed by atoms with E-state index >= 15 is 0 Å². The Balaban J connectivity index is 2.61. The lowest BCUT2D eigenvalue weighted by molar-refractivity contribution is 0.0956. The van der Waals surface area contributed by atoms with E-state index in [4.69, 9.17) is 11.6 Å². The Morgan fingerprint density at radius 3 is 2.67 bits per heavy atom. The SMILES string of the molecule is CCCNc1ncc(C(=O)NCCS(=O)(=O)NC)cc1Cl. The molecule has 0 unspecified atom stereocenters. The molecule has 3 N–H and O–H groups in total. The lowest BCUT2D eigenvalue weighted by Crippen LogP contribution is -2.33. The van der Waals surface area contributed by atoms with E-state index in [0.29, 0.717) is 10.8 Å². The van der Waals surface area contributed by atoms with Crippen molar-refractivity contribution in [3.8, 4) is 0 Å². The van der Waals surface area contributed by atoms with E-state index in [9.17, 15) is 13.2 Å². The average molecular weight is 335 g/mol. The molecule has 0 atom stereocenters. The van der Waals surface area contributed by atoms with Gasteiger partial charge in [0.1, 0.15) is 5.82 Å². The van der Waals surface area contributed by atoms with E-state index in [1.807, 2.05) is 6.92 Å². The number of carbonyl (C=O) groups excluding carboxylic acids is 1. The zero-order valence-electron chi connectivity index (χ0n) is 11.9. The number of hydrogen-bond acceptors (Lipinski definition) is 5. The fourth-order valence-corrected chi connectivity index (χ4v) is 2.25. The monoisotopic (exact) mass is 334 g/mol. The van der Waals surface area contributed by atoms with Crippen LogP contribution in [-0.4, -0.2) is 45.2 Å². The van der Waals surface area contributed by atoms with Gasteiger partial charge < -0.3 is 10.6 Å². The van der Waals surface area contributed by atoms with Crippen molar-refractivity contribution in [2.75, 3.05) is 31.2 Å². The molecule has 1 amide bonds. The fraction of sp³-hybridized carbons (Fsp3) is 0.500. The van der Waals surface area contributed by atoms with Crippen molar-refractivity contribution in [2.45, 2.75) is 13.3 Å². The standard InChI is InChI=1S/C12H19ClN4O3S/c1-3-4-15-11-10(13)7-9(8-17-11)12(18)16-5-6-21(19,20)14-2/h7-8,14H,3-6H2,1-2H3,(H,15,17)(H,16,18). The van der Waals surface area contributed by atoms with Crippen molar-refractivity contribution in [1.82, 2.24) is 15.0 Å². The lowest BCUT2D eigenvalue weighted by Gasteiger charge is -2.09. The van der Waals surface area contributed by atoms with Crippen LogP contribution in [-0.2, 0) is 10.0 Å². The second-order valence-corrected chi connectivity index (χ2v) is 6.71. The molecule has 1 rings (SSSR count). The normalized spacial score (nSPS) is 11.2. The summed E-state index contributed by atoms with van der Waals surface area (Å²) in [6, 6.07) is 1.49. The Labute approximate surface area is 129 Å². The van der Waals surface area contributed by atoms with E-state index in [1.165, 1.54) is 19.3 Å². The molecule has 21 heavy (non-hydrogen) atoms. The number of pyridine rings is 1. The Morgan fingerprint density at radius 2 is 2.10 bits per heavy atom. The van der Waals surface area contributed by atoms with Crippen molar-refractivity contribution in [3.05, 3.63) is 22.8 Å². The summed E-state index contributed by atoms with van der Waals surface area (Å²) in [5.41, 5.74) is 0.281. The molecular weight excluding hydrogens is 316 g/mol. The summed E-state index contributed by atoms with van der Waals surface area (Å²) >= 11 is 6.03. The topological polar surface area (TPSA) is 100 Å². The van der Waals surface area contributed by atoms with Gasteiger partial charge in [0.15, 0.2) is 0 Å². The highest BCUT2D eigenvalue weighted by Crippen LogP contribution is 2.19. The van der Waals surface area contributed by atoms with Crippen molar-refractivity contribution in [2.24, 2.45) is 0 Å². The Hall–Kier alpha value is -1.38. The summed E-state index contributed by atoms with van der Waals surface area (Å²) < 4.78 is 24.6. The molecular formula is C12H19ClN4O3S. The molecule has 0 aliphatic carbocycles. The van der Waals surface area contributed by atoms with Gasteiger partial charge in [-0.05, 0) is 19.5 Å². The van der Waals surface area contributed by atoms with Crippen LogP contribution in [0.5, 0.6) is 0 Å². The molecule has 1 aromatic heterocycles. The van der Waals surface area contributed by atoms with Gasteiger partial charge in [0.2, 0.25) is 10.0 Å². The van der Waals surface area contributed by atoms with Crippen molar-refractivity contribution in [3.63, 3.8) is 0 Å². The highest BCUT2D eigenvalue weighted by Gasteiger charge is 2.11. The number of halogens is 1. The highest BCUT2D eigenvalue weighted by atomic mass is 35.5. The number of anilines is 1. The fourth-order valence-electron chi connectivity index (χ4n) is 1.44. The molecule has 118 valence electrons. The number of hydrogen-bond donors (Lipinski definition) is 3. The smallest absolute Gasteiger partial charge is 0.252 e. The quantitative estimate of drug-likeness (QED) is 0.654. The van der Waals surface area contributed by atoms with Gasteiger partial charge in [0.05, 0.1) is 16.3 Å². The van der Waals surface area contributed by atoms with E-state index in [2.05, 4.69) is 20.3 Å². The van der Waals surface area contributed by atoms with E-state index in [-0.39, 0.29) is 17.9 Å². The molecule has 1 aromatic rings. The van der Waals surface area contributed by atoms with Crippen LogP contribution in [0.25, 0.3) is 0 Å². The molecule has 0 saturated heterocycles. The summed E-state index contributed by atoms with van der Waals surface area (Å²) in [6.45, 7) is 2.76. The van der Waals surface area contributed by atoms with Gasteiger partial charge in [-0.1, -0.05) is 18.5 Å². The first-order valence-corrected chi connectivity index (χ1v) is 8.51. The maximum absolute atomic E-state index is 11.9.